The van der Waals surface area contributed by atoms with E-state index in [0.717, 1.165) is 22.7 Å². The molecule has 0 amide bonds. The second-order valence-corrected chi connectivity index (χ2v) is 5.80. The maximum atomic E-state index is 5.86. The van der Waals surface area contributed by atoms with Gasteiger partial charge in [0.1, 0.15) is 11.5 Å². The van der Waals surface area contributed by atoms with Crippen LogP contribution in [0.1, 0.15) is 11.1 Å². The first-order valence-electron chi connectivity index (χ1n) is 7.58. The van der Waals surface area contributed by atoms with Crippen LogP contribution in [0.3, 0.4) is 0 Å². The lowest BCUT2D eigenvalue weighted by Gasteiger charge is -2.05. The lowest BCUT2D eigenvalue weighted by atomic mass is 10.2. The van der Waals surface area contributed by atoms with Crippen LogP contribution in [0.4, 0.5) is 5.69 Å². The largest absolute Gasteiger partial charge is 0.457 e. The van der Waals surface area contributed by atoms with Gasteiger partial charge in [0.25, 0.3) is 0 Å². The molecule has 0 atom stereocenters. The van der Waals surface area contributed by atoms with Gasteiger partial charge in [-0.05, 0) is 73.2 Å². The summed E-state index contributed by atoms with van der Waals surface area (Å²) in [4.78, 5) is 0. The molecule has 3 nitrogen and oxygen atoms in total. The minimum absolute atomic E-state index is 0.690. The van der Waals surface area contributed by atoms with E-state index in [1.165, 1.54) is 5.56 Å². The van der Waals surface area contributed by atoms with Gasteiger partial charge >= 0.3 is 0 Å². The van der Waals surface area contributed by atoms with E-state index in [1.807, 2.05) is 60.7 Å². The molecule has 3 rings (SSSR count). The highest BCUT2D eigenvalue weighted by atomic mass is 35.5. The number of aryl methyl sites for hydroxylation is 1. The zero-order valence-electron chi connectivity index (χ0n) is 13.2. The summed E-state index contributed by atoms with van der Waals surface area (Å²) >= 11 is 5.86. The van der Waals surface area contributed by atoms with E-state index < -0.39 is 0 Å². The number of nitrogens with one attached hydrogen (secondary N) is 1. The van der Waals surface area contributed by atoms with Crippen molar-refractivity contribution in [1.29, 1.82) is 0 Å². The maximum Gasteiger partial charge on any atom is 0.127 e. The Morgan fingerprint density at radius 3 is 2.04 bits per heavy atom. The van der Waals surface area contributed by atoms with E-state index in [4.69, 9.17) is 16.3 Å². The van der Waals surface area contributed by atoms with Crippen molar-refractivity contribution in [1.82, 2.24) is 0 Å². The van der Waals surface area contributed by atoms with Crippen molar-refractivity contribution >= 4 is 23.5 Å². The molecule has 0 aromatic heterocycles. The number of hydrazone groups is 1. The average Bonchev–Trinajstić information content (AvgIpc) is 2.60. The van der Waals surface area contributed by atoms with Gasteiger partial charge in [-0.15, -0.1) is 0 Å². The number of rotatable bonds is 5. The molecule has 0 heterocycles. The van der Waals surface area contributed by atoms with E-state index >= 15 is 0 Å². The number of halogens is 1. The Morgan fingerprint density at radius 1 is 0.833 bits per heavy atom. The van der Waals surface area contributed by atoms with Gasteiger partial charge in [0, 0.05) is 5.02 Å². The highest BCUT2D eigenvalue weighted by Gasteiger charge is 1.97. The van der Waals surface area contributed by atoms with Gasteiger partial charge in [0.15, 0.2) is 0 Å². The minimum atomic E-state index is 0.690. The fraction of sp³-hybridized carbons (Fsp3) is 0.0500. The molecule has 120 valence electrons. The van der Waals surface area contributed by atoms with Gasteiger partial charge in [-0.3, -0.25) is 5.43 Å². The van der Waals surface area contributed by atoms with Crippen LogP contribution in [0.25, 0.3) is 0 Å². The van der Waals surface area contributed by atoms with Gasteiger partial charge in [-0.25, -0.2) is 0 Å². The molecule has 0 aliphatic heterocycles. The summed E-state index contributed by atoms with van der Waals surface area (Å²) in [6.45, 7) is 2.06. The Labute approximate surface area is 146 Å². The quantitative estimate of drug-likeness (QED) is 0.465. The highest BCUT2D eigenvalue weighted by molar-refractivity contribution is 6.30. The predicted molar refractivity (Wildman–Crippen MR) is 100 cm³/mol. The molecule has 0 bridgehead atoms. The lowest BCUT2D eigenvalue weighted by Crippen LogP contribution is -1.91. The third-order valence-electron chi connectivity index (χ3n) is 3.39. The number of hydrogen-bond donors (Lipinski definition) is 1. The van der Waals surface area contributed by atoms with E-state index in [-0.39, 0.29) is 0 Å². The first kappa shape index (κ1) is 16.1. The second-order valence-electron chi connectivity index (χ2n) is 5.36. The standard InChI is InChI=1S/C20H17ClN2O/c1-15-2-8-18(9-3-15)23-22-14-16-4-10-19(11-5-16)24-20-12-6-17(21)7-13-20/h2-14,23H,1H3. The normalized spacial score (nSPS) is 10.8. The van der Waals surface area contributed by atoms with E-state index in [0.29, 0.717) is 5.02 Å². The molecule has 24 heavy (non-hydrogen) atoms. The van der Waals surface area contributed by atoms with Gasteiger partial charge in [-0.1, -0.05) is 29.3 Å². The van der Waals surface area contributed by atoms with Crippen LogP contribution in [-0.4, -0.2) is 6.21 Å². The van der Waals surface area contributed by atoms with Crippen molar-refractivity contribution in [2.24, 2.45) is 5.10 Å². The summed E-state index contributed by atoms with van der Waals surface area (Å²) in [6, 6.07) is 23.1. The monoisotopic (exact) mass is 336 g/mol. The summed E-state index contributed by atoms with van der Waals surface area (Å²) in [5.41, 5.74) is 6.17. The van der Waals surface area contributed by atoms with Crippen LogP contribution in [-0.2, 0) is 0 Å². The number of ether oxygens (including phenoxy) is 1. The van der Waals surface area contributed by atoms with Crippen molar-refractivity contribution in [3.8, 4) is 11.5 Å². The predicted octanol–water partition coefficient (Wildman–Crippen LogP) is 5.89. The topological polar surface area (TPSA) is 33.6 Å². The fourth-order valence-electron chi connectivity index (χ4n) is 2.07. The Bertz CT molecular complexity index is 810. The van der Waals surface area contributed by atoms with E-state index in [9.17, 15) is 0 Å². The lowest BCUT2D eigenvalue weighted by molar-refractivity contribution is 0.482. The van der Waals surface area contributed by atoms with Crippen molar-refractivity contribution in [3.63, 3.8) is 0 Å². The molecule has 4 heteroatoms. The molecule has 0 saturated heterocycles. The smallest absolute Gasteiger partial charge is 0.127 e. The zero-order valence-corrected chi connectivity index (χ0v) is 14.0. The summed E-state index contributed by atoms with van der Waals surface area (Å²) in [7, 11) is 0. The summed E-state index contributed by atoms with van der Waals surface area (Å²) in [6.07, 6.45) is 1.77. The zero-order chi connectivity index (χ0) is 16.8. The minimum Gasteiger partial charge on any atom is -0.457 e. The van der Waals surface area contributed by atoms with Crippen molar-refractivity contribution in [2.75, 3.05) is 5.43 Å². The molecular formula is C20H17ClN2O. The first-order chi connectivity index (χ1) is 11.7. The SMILES string of the molecule is Cc1ccc(NN=Cc2ccc(Oc3ccc(Cl)cc3)cc2)cc1. The van der Waals surface area contributed by atoms with Crippen LogP contribution in [0, 0.1) is 6.92 Å². The summed E-state index contributed by atoms with van der Waals surface area (Å²) in [5, 5.41) is 4.92. The van der Waals surface area contributed by atoms with Crippen LogP contribution in [0.2, 0.25) is 5.02 Å². The Kier molecular flexibility index (Phi) is 5.14. The molecule has 0 radical (unpaired) electrons. The summed E-state index contributed by atoms with van der Waals surface area (Å²) in [5.74, 6) is 1.52. The highest BCUT2D eigenvalue weighted by Crippen LogP contribution is 2.23. The molecule has 0 aliphatic carbocycles. The molecule has 3 aromatic rings. The van der Waals surface area contributed by atoms with E-state index in [2.05, 4.69) is 17.5 Å². The molecule has 0 spiro atoms. The average molecular weight is 337 g/mol. The number of nitrogens with zero attached hydrogens (tertiary/aromatic N) is 1. The molecule has 0 unspecified atom stereocenters. The van der Waals surface area contributed by atoms with Crippen molar-refractivity contribution in [2.45, 2.75) is 6.92 Å². The molecule has 0 aliphatic rings. The maximum absolute atomic E-state index is 5.86. The molecule has 0 saturated carbocycles. The van der Waals surface area contributed by atoms with Crippen LogP contribution >= 0.6 is 11.6 Å². The van der Waals surface area contributed by atoms with E-state index in [1.54, 1.807) is 18.3 Å². The van der Waals surface area contributed by atoms with Crippen LogP contribution in [0.15, 0.2) is 77.9 Å². The second kappa shape index (κ2) is 7.66. The van der Waals surface area contributed by atoms with Gasteiger partial charge in [-0.2, -0.15) is 5.10 Å². The fourth-order valence-corrected chi connectivity index (χ4v) is 2.20. The third kappa shape index (κ3) is 4.61. The molecule has 0 fully saturated rings. The van der Waals surface area contributed by atoms with Crippen LogP contribution in [0.5, 0.6) is 11.5 Å². The summed E-state index contributed by atoms with van der Waals surface area (Å²) < 4.78 is 5.75. The Hall–Kier alpha value is -2.78. The Morgan fingerprint density at radius 2 is 1.42 bits per heavy atom. The van der Waals surface area contributed by atoms with Crippen molar-refractivity contribution in [3.05, 3.63) is 88.9 Å². The third-order valence-corrected chi connectivity index (χ3v) is 3.64. The number of hydrogen-bond acceptors (Lipinski definition) is 3. The van der Waals surface area contributed by atoms with Crippen LogP contribution < -0.4 is 10.2 Å². The number of benzene rings is 3. The first-order valence-corrected chi connectivity index (χ1v) is 7.96. The molecule has 3 aromatic carbocycles. The molecular weight excluding hydrogens is 320 g/mol. The van der Waals surface area contributed by atoms with Gasteiger partial charge < -0.3 is 4.74 Å². The Balaban J connectivity index is 1.58. The van der Waals surface area contributed by atoms with Crippen molar-refractivity contribution < 1.29 is 4.74 Å². The van der Waals surface area contributed by atoms with Gasteiger partial charge in [0.2, 0.25) is 0 Å². The number of anilines is 1. The molecule has 1 N–H and O–H groups in total. The van der Waals surface area contributed by atoms with Gasteiger partial charge in [0.05, 0.1) is 11.9 Å².